The molecule has 0 spiro atoms. The Morgan fingerprint density at radius 2 is 1.92 bits per heavy atom. The van der Waals surface area contributed by atoms with E-state index in [1.165, 1.54) is 30.0 Å². The first-order chi connectivity index (χ1) is 12.0. The standard InChI is InChI=1S/C17H14ClN3O2S2/c1-10(22)19-12-3-2-4-13(8-12)20-16(23)9-24-17-21-14-7-11(18)5-6-15(14)25-17/h2-8H,9H2,1H3,(H,19,22)(H,20,23). The van der Waals surface area contributed by atoms with Crippen LogP contribution in [0.3, 0.4) is 0 Å². The Morgan fingerprint density at radius 3 is 2.68 bits per heavy atom. The van der Waals surface area contributed by atoms with Gasteiger partial charge >= 0.3 is 0 Å². The number of anilines is 2. The summed E-state index contributed by atoms with van der Waals surface area (Å²) in [6.45, 7) is 1.44. The highest BCUT2D eigenvalue weighted by molar-refractivity contribution is 8.01. The molecule has 5 nitrogen and oxygen atoms in total. The number of rotatable bonds is 5. The van der Waals surface area contributed by atoms with Crippen molar-refractivity contribution in [2.75, 3.05) is 16.4 Å². The molecule has 3 rings (SSSR count). The Labute approximate surface area is 157 Å². The number of carbonyl (C=O) groups is 2. The maximum Gasteiger partial charge on any atom is 0.234 e. The van der Waals surface area contributed by atoms with Gasteiger partial charge in [0.05, 0.1) is 16.0 Å². The number of hydrogen-bond donors (Lipinski definition) is 2. The van der Waals surface area contributed by atoms with Crippen LogP contribution in [0.4, 0.5) is 11.4 Å². The Hall–Kier alpha value is -2.09. The molecule has 8 heteroatoms. The fourth-order valence-corrected chi connectivity index (χ4v) is 4.16. The van der Waals surface area contributed by atoms with Gasteiger partial charge in [-0.3, -0.25) is 9.59 Å². The van der Waals surface area contributed by atoms with E-state index in [4.69, 9.17) is 11.6 Å². The van der Waals surface area contributed by atoms with E-state index in [9.17, 15) is 9.59 Å². The Morgan fingerprint density at radius 1 is 1.16 bits per heavy atom. The normalized spacial score (nSPS) is 10.6. The highest BCUT2D eigenvalue weighted by Crippen LogP contribution is 2.31. The third-order valence-electron chi connectivity index (χ3n) is 3.12. The van der Waals surface area contributed by atoms with Gasteiger partial charge < -0.3 is 10.6 Å². The van der Waals surface area contributed by atoms with Crippen molar-refractivity contribution in [3.63, 3.8) is 0 Å². The van der Waals surface area contributed by atoms with E-state index in [2.05, 4.69) is 15.6 Å². The van der Waals surface area contributed by atoms with Gasteiger partial charge in [0.25, 0.3) is 0 Å². The van der Waals surface area contributed by atoms with E-state index in [1.54, 1.807) is 24.3 Å². The summed E-state index contributed by atoms with van der Waals surface area (Å²) in [5, 5.41) is 6.14. The lowest BCUT2D eigenvalue weighted by Crippen LogP contribution is -2.14. The number of benzene rings is 2. The molecule has 0 fully saturated rings. The van der Waals surface area contributed by atoms with Crippen LogP contribution in [-0.4, -0.2) is 22.6 Å². The zero-order valence-electron chi connectivity index (χ0n) is 13.2. The minimum absolute atomic E-state index is 0.137. The highest BCUT2D eigenvalue weighted by atomic mass is 35.5. The number of thiazole rings is 1. The number of nitrogens with zero attached hydrogens (tertiary/aromatic N) is 1. The predicted molar refractivity (Wildman–Crippen MR) is 105 cm³/mol. The molecule has 25 heavy (non-hydrogen) atoms. The molecule has 128 valence electrons. The monoisotopic (exact) mass is 391 g/mol. The molecule has 0 aliphatic rings. The van der Waals surface area contributed by atoms with Gasteiger partial charge in [-0.2, -0.15) is 0 Å². The lowest BCUT2D eigenvalue weighted by molar-refractivity contribution is -0.114. The molecule has 0 bridgehead atoms. The second-order valence-electron chi connectivity index (χ2n) is 5.19. The number of fused-ring (bicyclic) bond motifs is 1. The van der Waals surface area contributed by atoms with E-state index in [0.717, 1.165) is 14.6 Å². The smallest absolute Gasteiger partial charge is 0.234 e. The summed E-state index contributed by atoms with van der Waals surface area (Å²) in [5.41, 5.74) is 2.11. The van der Waals surface area contributed by atoms with Crippen molar-refractivity contribution in [1.82, 2.24) is 4.98 Å². The molecule has 0 saturated heterocycles. The van der Waals surface area contributed by atoms with Crippen LogP contribution >= 0.6 is 34.7 Å². The zero-order chi connectivity index (χ0) is 17.8. The van der Waals surface area contributed by atoms with Crippen molar-refractivity contribution >= 4 is 68.1 Å². The minimum Gasteiger partial charge on any atom is -0.326 e. The summed E-state index contributed by atoms with van der Waals surface area (Å²) in [6.07, 6.45) is 0. The summed E-state index contributed by atoms with van der Waals surface area (Å²) in [5.74, 6) is -0.0463. The molecule has 0 unspecified atom stereocenters. The van der Waals surface area contributed by atoms with Crippen LogP contribution < -0.4 is 10.6 Å². The SMILES string of the molecule is CC(=O)Nc1cccc(NC(=O)CSc2nc3cc(Cl)ccc3s2)c1. The molecule has 0 radical (unpaired) electrons. The van der Waals surface area contributed by atoms with Crippen molar-refractivity contribution in [1.29, 1.82) is 0 Å². The quantitative estimate of drug-likeness (QED) is 0.621. The van der Waals surface area contributed by atoms with Crippen LogP contribution in [0, 0.1) is 0 Å². The lowest BCUT2D eigenvalue weighted by atomic mass is 10.2. The van der Waals surface area contributed by atoms with Gasteiger partial charge in [-0.15, -0.1) is 11.3 Å². The summed E-state index contributed by atoms with van der Waals surface area (Å²) >= 11 is 8.86. The van der Waals surface area contributed by atoms with E-state index < -0.39 is 0 Å². The van der Waals surface area contributed by atoms with Gasteiger partial charge in [0.1, 0.15) is 0 Å². The van der Waals surface area contributed by atoms with Crippen molar-refractivity contribution in [2.24, 2.45) is 0 Å². The van der Waals surface area contributed by atoms with E-state index >= 15 is 0 Å². The molecule has 0 aliphatic carbocycles. The number of carbonyl (C=O) groups excluding carboxylic acids is 2. The fourth-order valence-electron chi connectivity index (χ4n) is 2.14. The predicted octanol–water partition coefficient (Wildman–Crippen LogP) is 4.64. The van der Waals surface area contributed by atoms with Crippen molar-refractivity contribution in [3.05, 3.63) is 47.5 Å². The molecular weight excluding hydrogens is 378 g/mol. The molecular formula is C17H14ClN3O2S2. The Balaban J connectivity index is 1.59. The average Bonchev–Trinajstić information content (AvgIpc) is 2.94. The van der Waals surface area contributed by atoms with Crippen LogP contribution in [0.2, 0.25) is 5.02 Å². The molecule has 1 heterocycles. The first-order valence-electron chi connectivity index (χ1n) is 7.36. The van der Waals surface area contributed by atoms with Crippen molar-refractivity contribution < 1.29 is 9.59 Å². The number of amides is 2. The van der Waals surface area contributed by atoms with Crippen molar-refractivity contribution in [3.8, 4) is 0 Å². The summed E-state index contributed by atoms with van der Waals surface area (Å²) in [7, 11) is 0. The number of thioether (sulfide) groups is 1. The number of nitrogens with one attached hydrogen (secondary N) is 2. The van der Waals surface area contributed by atoms with Gasteiger partial charge in [-0.25, -0.2) is 4.98 Å². The minimum atomic E-state index is -0.157. The van der Waals surface area contributed by atoms with Gasteiger partial charge in [0, 0.05) is 23.3 Å². The molecule has 2 N–H and O–H groups in total. The number of halogens is 1. The summed E-state index contributed by atoms with van der Waals surface area (Å²) < 4.78 is 1.86. The first kappa shape index (κ1) is 17.7. The molecule has 2 amide bonds. The third-order valence-corrected chi connectivity index (χ3v) is 5.54. The summed E-state index contributed by atoms with van der Waals surface area (Å²) in [4.78, 5) is 27.7. The molecule has 3 aromatic rings. The van der Waals surface area contributed by atoms with E-state index in [-0.39, 0.29) is 17.6 Å². The Bertz CT molecular complexity index is 943. The van der Waals surface area contributed by atoms with Gasteiger partial charge in [-0.05, 0) is 36.4 Å². The van der Waals surface area contributed by atoms with Crippen LogP contribution in [0.15, 0.2) is 46.8 Å². The fraction of sp³-hybridized carbons (Fsp3) is 0.118. The Kier molecular flexibility index (Phi) is 5.57. The zero-order valence-corrected chi connectivity index (χ0v) is 15.6. The lowest BCUT2D eigenvalue weighted by Gasteiger charge is -2.07. The van der Waals surface area contributed by atoms with Gasteiger partial charge in [0.15, 0.2) is 4.34 Å². The van der Waals surface area contributed by atoms with Crippen LogP contribution in [0.1, 0.15) is 6.92 Å². The van der Waals surface area contributed by atoms with E-state index in [0.29, 0.717) is 16.4 Å². The second kappa shape index (κ2) is 7.86. The second-order valence-corrected chi connectivity index (χ2v) is 7.88. The van der Waals surface area contributed by atoms with Gasteiger partial charge in [0.2, 0.25) is 11.8 Å². The maximum atomic E-state index is 12.1. The molecule has 0 saturated carbocycles. The summed E-state index contributed by atoms with van der Waals surface area (Å²) in [6, 6.07) is 12.6. The number of hydrogen-bond acceptors (Lipinski definition) is 5. The molecule has 2 aromatic carbocycles. The largest absolute Gasteiger partial charge is 0.326 e. The maximum absolute atomic E-state index is 12.1. The van der Waals surface area contributed by atoms with E-state index in [1.807, 2.05) is 18.2 Å². The molecule has 0 atom stereocenters. The topological polar surface area (TPSA) is 71.1 Å². The number of aromatic nitrogens is 1. The van der Waals surface area contributed by atoms with Crippen LogP contribution in [0.25, 0.3) is 10.2 Å². The third kappa shape index (κ3) is 4.94. The first-order valence-corrected chi connectivity index (χ1v) is 9.54. The van der Waals surface area contributed by atoms with Crippen LogP contribution in [-0.2, 0) is 9.59 Å². The molecule has 0 aliphatic heterocycles. The van der Waals surface area contributed by atoms with Crippen molar-refractivity contribution in [2.45, 2.75) is 11.3 Å². The average molecular weight is 392 g/mol. The van der Waals surface area contributed by atoms with Crippen LogP contribution in [0.5, 0.6) is 0 Å². The van der Waals surface area contributed by atoms with Gasteiger partial charge in [-0.1, -0.05) is 29.4 Å². The molecule has 1 aromatic heterocycles. The highest BCUT2D eigenvalue weighted by Gasteiger charge is 2.09.